The monoisotopic (exact) mass is 243 g/mol. The zero-order valence-corrected chi connectivity index (χ0v) is 10.8. The van der Waals surface area contributed by atoms with Gasteiger partial charge in [0, 0.05) is 25.8 Å². The average Bonchev–Trinajstić information content (AvgIpc) is 2.96. The lowest BCUT2D eigenvalue weighted by Gasteiger charge is -2.23. The minimum absolute atomic E-state index is 0.326. The SMILES string of the molecule is COCOC(CC1=NCCS1)C1CCCC1. The zero-order chi connectivity index (χ0) is 11.2. The molecule has 0 N–H and O–H groups in total. The van der Waals surface area contributed by atoms with Crippen LogP contribution in [0.15, 0.2) is 4.99 Å². The molecule has 1 heterocycles. The van der Waals surface area contributed by atoms with E-state index >= 15 is 0 Å². The number of ether oxygens (including phenoxy) is 2. The van der Waals surface area contributed by atoms with Crippen LogP contribution in [0.3, 0.4) is 0 Å². The van der Waals surface area contributed by atoms with Crippen molar-refractivity contribution in [2.75, 3.05) is 26.2 Å². The predicted molar refractivity (Wildman–Crippen MR) is 68.1 cm³/mol. The molecular weight excluding hydrogens is 222 g/mol. The molecule has 0 radical (unpaired) electrons. The van der Waals surface area contributed by atoms with Crippen LogP contribution in [-0.4, -0.2) is 37.3 Å². The van der Waals surface area contributed by atoms with Gasteiger partial charge in [0.15, 0.2) is 0 Å². The Morgan fingerprint density at radius 2 is 2.25 bits per heavy atom. The van der Waals surface area contributed by atoms with Crippen LogP contribution < -0.4 is 0 Å². The molecule has 4 heteroatoms. The Kier molecular flexibility index (Phi) is 5.13. The Hall–Kier alpha value is -0.0600. The fourth-order valence-electron chi connectivity index (χ4n) is 2.52. The Labute approximate surface area is 102 Å². The van der Waals surface area contributed by atoms with Gasteiger partial charge in [-0.25, -0.2) is 0 Å². The van der Waals surface area contributed by atoms with Crippen molar-refractivity contribution in [2.45, 2.75) is 38.2 Å². The van der Waals surface area contributed by atoms with Gasteiger partial charge in [0.25, 0.3) is 0 Å². The molecule has 0 aromatic rings. The van der Waals surface area contributed by atoms with Crippen LogP contribution >= 0.6 is 11.8 Å². The maximum absolute atomic E-state index is 5.82. The lowest BCUT2D eigenvalue weighted by Crippen LogP contribution is -2.25. The van der Waals surface area contributed by atoms with Crippen molar-refractivity contribution < 1.29 is 9.47 Å². The summed E-state index contributed by atoms with van der Waals surface area (Å²) in [5, 5.41) is 1.29. The molecule has 2 rings (SSSR count). The van der Waals surface area contributed by atoms with Crippen molar-refractivity contribution in [1.29, 1.82) is 0 Å². The molecule has 92 valence electrons. The van der Waals surface area contributed by atoms with E-state index < -0.39 is 0 Å². The van der Waals surface area contributed by atoms with Gasteiger partial charge in [-0.1, -0.05) is 12.8 Å². The number of rotatable bonds is 6. The highest BCUT2D eigenvalue weighted by Crippen LogP contribution is 2.32. The Bertz CT molecular complexity index is 239. The van der Waals surface area contributed by atoms with Crippen LogP contribution in [0.5, 0.6) is 0 Å². The molecule has 3 nitrogen and oxygen atoms in total. The van der Waals surface area contributed by atoms with Gasteiger partial charge in [-0.2, -0.15) is 0 Å². The van der Waals surface area contributed by atoms with Gasteiger partial charge in [0.2, 0.25) is 0 Å². The molecule has 0 amide bonds. The molecule has 1 aliphatic heterocycles. The second-order valence-corrected chi connectivity index (χ2v) is 5.65. The number of hydrogen-bond donors (Lipinski definition) is 0. The van der Waals surface area contributed by atoms with Crippen molar-refractivity contribution in [3.63, 3.8) is 0 Å². The maximum Gasteiger partial charge on any atom is 0.146 e. The first kappa shape index (κ1) is 12.4. The predicted octanol–water partition coefficient (Wildman–Crippen LogP) is 2.70. The third kappa shape index (κ3) is 3.47. The van der Waals surface area contributed by atoms with Gasteiger partial charge in [-0.05, 0) is 18.8 Å². The third-order valence-corrected chi connectivity index (χ3v) is 4.37. The van der Waals surface area contributed by atoms with Crippen molar-refractivity contribution >= 4 is 16.8 Å². The molecule has 1 aliphatic carbocycles. The number of aliphatic imine (C=N–C) groups is 1. The van der Waals surface area contributed by atoms with E-state index in [0.717, 1.165) is 24.6 Å². The summed E-state index contributed by atoms with van der Waals surface area (Å²) in [6.07, 6.45) is 6.66. The van der Waals surface area contributed by atoms with E-state index in [9.17, 15) is 0 Å². The highest BCUT2D eigenvalue weighted by atomic mass is 32.2. The molecule has 16 heavy (non-hydrogen) atoms. The smallest absolute Gasteiger partial charge is 0.146 e. The van der Waals surface area contributed by atoms with Gasteiger partial charge in [0.1, 0.15) is 6.79 Å². The van der Waals surface area contributed by atoms with Gasteiger partial charge in [-0.3, -0.25) is 4.99 Å². The van der Waals surface area contributed by atoms with Crippen molar-refractivity contribution in [3.8, 4) is 0 Å². The standard InChI is InChI=1S/C12H21NO2S/c1-14-9-15-11(10-4-2-3-5-10)8-12-13-6-7-16-12/h10-11H,2-9H2,1H3. The zero-order valence-electron chi connectivity index (χ0n) is 9.98. The molecule has 0 bridgehead atoms. The molecule has 1 saturated carbocycles. The molecule has 0 saturated heterocycles. The molecule has 0 aromatic carbocycles. The molecular formula is C12H21NO2S. The summed E-state index contributed by atoms with van der Waals surface area (Å²) in [4.78, 5) is 4.51. The van der Waals surface area contributed by atoms with Crippen LogP contribution in [-0.2, 0) is 9.47 Å². The first-order chi connectivity index (χ1) is 7.90. The Morgan fingerprint density at radius 1 is 1.44 bits per heavy atom. The Morgan fingerprint density at radius 3 is 2.88 bits per heavy atom. The fourth-order valence-corrected chi connectivity index (χ4v) is 3.40. The van der Waals surface area contributed by atoms with Crippen LogP contribution in [0.2, 0.25) is 0 Å². The minimum atomic E-state index is 0.326. The second kappa shape index (κ2) is 6.62. The van der Waals surface area contributed by atoms with E-state index in [-0.39, 0.29) is 0 Å². The van der Waals surface area contributed by atoms with Gasteiger partial charge >= 0.3 is 0 Å². The largest absolute Gasteiger partial charge is 0.359 e. The van der Waals surface area contributed by atoms with Gasteiger partial charge < -0.3 is 9.47 Å². The van der Waals surface area contributed by atoms with E-state index in [1.807, 2.05) is 11.8 Å². The molecule has 1 unspecified atom stereocenters. The highest BCUT2D eigenvalue weighted by molar-refractivity contribution is 8.14. The van der Waals surface area contributed by atoms with Crippen LogP contribution in [0, 0.1) is 5.92 Å². The van der Waals surface area contributed by atoms with E-state index in [4.69, 9.17) is 9.47 Å². The first-order valence-corrected chi connectivity index (χ1v) is 7.15. The van der Waals surface area contributed by atoms with Crippen molar-refractivity contribution in [3.05, 3.63) is 0 Å². The first-order valence-electron chi connectivity index (χ1n) is 6.17. The maximum atomic E-state index is 5.82. The molecule has 0 spiro atoms. The lowest BCUT2D eigenvalue weighted by atomic mass is 9.98. The number of thioether (sulfide) groups is 1. The third-order valence-electron chi connectivity index (χ3n) is 3.35. The summed E-state index contributed by atoms with van der Waals surface area (Å²) in [6, 6.07) is 0. The summed E-state index contributed by atoms with van der Waals surface area (Å²) in [6.45, 7) is 1.40. The van der Waals surface area contributed by atoms with Gasteiger partial charge in [-0.15, -0.1) is 11.8 Å². The van der Waals surface area contributed by atoms with E-state index in [1.54, 1.807) is 7.11 Å². The van der Waals surface area contributed by atoms with E-state index in [0.29, 0.717) is 12.9 Å². The second-order valence-electron chi connectivity index (χ2n) is 4.48. The summed E-state index contributed by atoms with van der Waals surface area (Å²) in [7, 11) is 1.69. The summed E-state index contributed by atoms with van der Waals surface area (Å²) >= 11 is 1.89. The summed E-state index contributed by atoms with van der Waals surface area (Å²) in [5.41, 5.74) is 0. The van der Waals surface area contributed by atoms with Gasteiger partial charge in [0.05, 0.1) is 11.1 Å². The quantitative estimate of drug-likeness (QED) is 0.672. The number of nitrogens with zero attached hydrogens (tertiary/aromatic N) is 1. The minimum Gasteiger partial charge on any atom is -0.359 e. The van der Waals surface area contributed by atoms with Crippen molar-refractivity contribution in [2.24, 2.45) is 10.9 Å². The van der Waals surface area contributed by atoms with E-state index in [1.165, 1.54) is 30.7 Å². The summed E-state index contributed by atoms with van der Waals surface area (Å²) in [5.74, 6) is 1.87. The van der Waals surface area contributed by atoms with Crippen molar-refractivity contribution in [1.82, 2.24) is 0 Å². The van der Waals surface area contributed by atoms with Crippen LogP contribution in [0.1, 0.15) is 32.1 Å². The van der Waals surface area contributed by atoms with Crippen LogP contribution in [0.25, 0.3) is 0 Å². The topological polar surface area (TPSA) is 30.8 Å². The number of methoxy groups -OCH3 is 1. The van der Waals surface area contributed by atoms with E-state index in [2.05, 4.69) is 4.99 Å². The Balaban J connectivity index is 1.85. The molecule has 2 aliphatic rings. The number of hydrogen-bond acceptors (Lipinski definition) is 4. The normalized spacial score (nSPS) is 23.7. The highest BCUT2D eigenvalue weighted by Gasteiger charge is 2.27. The van der Waals surface area contributed by atoms with Crippen LogP contribution in [0.4, 0.5) is 0 Å². The average molecular weight is 243 g/mol. The molecule has 0 aromatic heterocycles. The molecule has 1 atom stereocenters. The lowest BCUT2D eigenvalue weighted by molar-refractivity contribution is -0.0872. The summed E-state index contributed by atoms with van der Waals surface area (Å²) < 4.78 is 10.8. The fraction of sp³-hybridized carbons (Fsp3) is 0.917. The molecule has 1 fully saturated rings.